The second-order valence-electron chi connectivity index (χ2n) is 6.01. The highest BCUT2D eigenvalue weighted by Crippen LogP contribution is 2.28. The molecule has 0 saturated heterocycles. The minimum absolute atomic E-state index is 0.0614. The summed E-state index contributed by atoms with van der Waals surface area (Å²) in [5.41, 5.74) is 0.313. The van der Waals surface area contributed by atoms with Crippen molar-refractivity contribution in [2.45, 2.75) is 43.3 Å². The van der Waals surface area contributed by atoms with Crippen LogP contribution in [0.15, 0.2) is 29.4 Å². The van der Waals surface area contributed by atoms with E-state index in [-0.39, 0.29) is 11.2 Å². The molecule has 0 atom stereocenters. The van der Waals surface area contributed by atoms with Gasteiger partial charge in [0.05, 0.1) is 6.04 Å². The fourth-order valence-corrected chi connectivity index (χ4v) is 4.09. The Morgan fingerprint density at radius 3 is 2.56 bits per heavy atom. The second-order valence-corrected chi connectivity index (χ2v) is 7.90. The maximum atomic E-state index is 12.9. The summed E-state index contributed by atoms with van der Waals surface area (Å²) in [6, 6.07) is 4.99. The Labute approximate surface area is 144 Å². The van der Waals surface area contributed by atoms with Gasteiger partial charge < -0.3 is 5.32 Å². The van der Waals surface area contributed by atoms with E-state index in [0.717, 1.165) is 32.1 Å². The lowest BCUT2D eigenvalue weighted by atomic mass is 9.96. The first kappa shape index (κ1) is 17.5. The van der Waals surface area contributed by atoms with Gasteiger partial charge in [0.15, 0.2) is 0 Å². The summed E-state index contributed by atoms with van der Waals surface area (Å²) in [6.45, 7) is 0. The molecule has 25 heavy (non-hydrogen) atoms. The molecule has 0 unspecified atom stereocenters. The third kappa shape index (κ3) is 4.19. The predicted molar refractivity (Wildman–Crippen MR) is 87.0 cm³/mol. The number of halogens is 1. The zero-order valence-electron chi connectivity index (χ0n) is 13.4. The van der Waals surface area contributed by atoms with Gasteiger partial charge in [-0.1, -0.05) is 24.4 Å². The maximum absolute atomic E-state index is 12.9. The Morgan fingerprint density at radius 1 is 1.20 bits per heavy atom. The number of hydrogen-bond acceptors (Lipinski definition) is 6. The van der Waals surface area contributed by atoms with Crippen LogP contribution in [0.25, 0.3) is 0 Å². The Balaban J connectivity index is 1.72. The number of amides is 1. The minimum Gasteiger partial charge on any atom is -0.325 e. The summed E-state index contributed by atoms with van der Waals surface area (Å²) < 4.78 is 39.2. The monoisotopic (exact) mass is 367 g/mol. The molecule has 0 aliphatic heterocycles. The van der Waals surface area contributed by atoms with Crippen LogP contribution in [0, 0.1) is 5.82 Å². The number of rotatable bonds is 5. The molecule has 1 fully saturated rings. The van der Waals surface area contributed by atoms with E-state index in [1.165, 1.54) is 28.9 Å². The SMILES string of the molecule is O=C(CS(=O)(=O)c1nnnn1C1CCCCC1)Nc1ccc(F)cc1. The molecule has 1 aliphatic carbocycles. The standard InChI is InChI=1S/C15H18FN5O3S/c16-11-6-8-12(9-7-11)17-14(22)10-25(23,24)15-18-19-20-21(15)13-4-2-1-3-5-13/h6-9,13H,1-5,10H2,(H,17,22). The molecule has 1 amide bonds. The normalized spacial score (nSPS) is 15.9. The van der Waals surface area contributed by atoms with Gasteiger partial charge in [-0.3, -0.25) is 4.79 Å². The number of carbonyl (C=O) groups excluding carboxylic acids is 1. The Hall–Kier alpha value is -2.36. The van der Waals surface area contributed by atoms with Crippen molar-refractivity contribution in [1.29, 1.82) is 0 Å². The van der Waals surface area contributed by atoms with Crippen LogP contribution in [-0.4, -0.2) is 40.3 Å². The van der Waals surface area contributed by atoms with Gasteiger partial charge in [0, 0.05) is 5.69 Å². The van der Waals surface area contributed by atoms with E-state index in [4.69, 9.17) is 0 Å². The molecule has 2 aromatic rings. The van der Waals surface area contributed by atoms with Crippen molar-refractivity contribution < 1.29 is 17.6 Å². The fourth-order valence-electron chi connectivity index (χ4n) is 2.91. The molecule has 0 radical (unpaired) electrons. The van der Waals surface area contributed by atoms with Gasteiger partial charge in [-0.05, 0) is 47.5 Å². The molecule has 134 valence electrons. The molecule has 3 rings (SSSR count). The molecule has 8 nitrogen and oxygen atoms in total. The first-order valence-corrected chi connectivity index (χ1v) is 9.67. The van der Waals surface area contributed by atoms with E-state index >= 15 is 0 Å². The van der Waals surface area contributed by atoms with Gasteiger partial charge in [0.2, 0.25) is 15.7 Å². The second kappa shape index (κ2) is 7.26. The van der Waals surface area contributed by atoms with E-state index in [0.29, 0.717) is 5.69 Å². The fraction of sp³-hybridized carbons (Fsp3) is 0.467. The highest BCUT2D eigenvalue weighted by Gasteiger charge is 2.30. The smallest absolute Gasteiger partial charge is 0.268 e. The van der Waals surface area contributed by atoms with Crippen molar-refractivity contribution in [3.8, 4) is 0 Å². The van der Waals surface area contributed by atoms with Crippen molar-refractivity contribution in [2.24, 2.45) is 0 Å². The van der Waals surface area contributed by atoms with Gasteiger partial charge >= 0.3 is 0 Å². The summed E-state index contributed by atoms with van der Waals surface area (Å²) in [5.74, 6) is -1.96. The molecule has 1 heterocycles. The third-order valence-electron chi connectivity index (χ3n) is 4.11. The number of tetrazole rings is 1. The Kier molecular flexibility index (Phi) is 5.07. The average Bonchev–Trinajstić information content (AvgIpc) is 3.08. The van der Waals surface area contributed by atoms with Crippen molar-refractivity contribution in [2.75, 3.05) is 11.1 Å². The lowest BCUT2D eigenvalue weighted by molar-refractivity contribution is -0.113. The number of aromatic nitrogens is 4. The molecule has 1 N–H and O–H groups in total. The summed E-state index contributed by atoms with van der Waals surface area (Å²) in [7, 11) is -3.98. The number of anilines is 1. The molecular formula is C15H18FN5O3S. The zero-order valence-corrected chi connectivity index (χ0v) is 14.2. The number of nitrogens with zero attached hydrogens (tertiary/aromatic N) is 4. The van der Waals surface area contributed by atoms with Crippen LogP contribution in [0.3, 0.4) is 0 Å². The largest absolute Gasteiger partial charge is 0.325 e. The number of benzene rings is 1. The quantitative estimate of drug-likeness (QED) is 0.862. The van der Waals surface area contributed by atoms with Crippen LogP contribution in [-0.2, 0) is 14.6 Å². The average molecular weight is 367 g/mol. The highest BCUT2D eigenvalue weighted by molar-refractivity contribution is 7.92. The molecule has 1 aromatic heterocycles. The van der Waals surface area contributed by atoms with E-state index in [1.54, 1.807) is 0 Å². The molecule has 0 spiro atoms. The third-order valence-corrected chi connectivity index (χ3v) is 5.58. The van der Waals surface area contributed by atoms with E-state index in [2.05, 4.69) is 20.8 Å². The lowest BCUT2D eigenvalue weighted by Crippen LogP contribution is -2.27. The van der Waals surface area contributed by atoms with Crippen LogP contribution in [0.2, 0.25) is 0 Å². The van der Waals surface area contributed by atoms with Gasteiger partial charge in [-0.2, -0.15) is 0 Å². The number of carbonyl (C=O) groups is 1. The van der Waals surface area contributed by atoms with Crippen LogP contribution in [0.5, 0.6) is 0 Å². The minimum atomic E-state index is -3.98. The number of hydrogen-bond donors (Lipinski definition) is 1. The Morgan fingerprint density at radius 2 is 1.88 bits per heavy atom. The summed E-state index contributed by atoms with van der Waals surface area (Å²) in [5, 5.41) is 13.0. The first-order chi connectivity index (χ1) is 12.0. The number of nitrogens with one attached hydrogen (secondary N) is 1. The van der Waals surface area contributed by atoms with Crippen molar-refractivity contribution in [1.82, 2.24) is 20.2 Å². The Bertz CT molecular complexity index is 844. The van der Waals surface area contributed by atoms with Crippen LogP contribution >= 0.6 is 0 Å². The first-order valence-electron chi connectivity index (χ1n) is 8.02. The van der Waals surface area contributed by atoms with Crippen molar-refractivity contribution in [3.63, 3.8) is 0 Å². The molecular weight excluding hydrogens is 349 g/mol. The molecule has 1 saturated carbocycles. The molecule has 1 aliphatic rings. The van der Waals surface area contributed by atoms with Crippen LogP contribution in [0.1, 0.15) is 38.1 Å². The molecule has 10 heteroatoms. The summed E-state index contributed by atoms with van der Waals surface area (Å²) in [6.07, 6.45) is 4.73. The van der Waals surface area contributed by atoms with Gasteiger partial charge in [-0.25, -0.2) is 17.5 Å². The van der Waals surface area contributed by atoms with Gasteiger partial charge in [0.1, 0.15) is 11.6 Å². The van der Waals surface area contributed by atoms with E-state index in [1.807, 2.05) is 0 Å². The molecule has 1 aromatic carbocycles. The van der Waals surface area contributed by atoms with Crippen LogP contribution < -0.4 is 5.32 Å². The van der Waals surface area contributed by atoms with E-state index < -0.39 is 27.3 Å². The van der Waals surface area contributed by atoms with E-state index in [9.17, 15) is 17.6 Å². The van der Waals surface area contributed by atoms with Crippen molar-refractivity contribution >= 4 is 21.4 Å². The van der Waals surface area contributed by atoms with Gasteiger partial charge in [0.25, 0.3) is 5.16 Å². The lowest BCUT2D eigenvalue weighted by Gasteiger charge is -2.21. The summed E-state index contributed by atoms with van der Waals surface area (Å²) in [4.78, 5) is 12.0. The highest BCUT2D eigenvalue weighted by atomic mass is 32.2. The van der Waals surface area contributed by atoms with Crippen molar-refractivity contribution in [3.05, 3.63) is 30.1 Å². The zero-order chi connectivity index (χ0) is 17.9. The van der Waals surface area contributed by atoms with Crippen LogP contribution in [0.4, 0.5) is 10.1 Å². The summed E-state index contributed by atoms with van der Waals surface area (Å²) >= 11 is 0. The maximum Gasteiger partial charge on any atom is 0.268 e. The van der Waals surface area contributed by atoms with Gasteiger partial charge in [-0.15, -0.1) is 0 Å². The molecule has 0 bridgehead atoms. The topological polar surface area (TPSA) is 107 Å². The number of sulfone groups is 1. The predicted octanol–water partition coefficient (Wildman–Crippen LogP) is 1.73.